The maximum Gasteiger partial charge on any atom is 0.243 e. The van der Waals surface area contributed by atoms with Crippen LogP contribution in [0.25, 0.3) is 0 Å². The van der Waals surface area contributed by atoms with Crippen molar-refractivity contribution in [3.8, 4) is 0 Å². The van der Waals surface area contributed by atoms with Gasteiger partial charge in [0.2, 0.25) is 11.8 Å². The Hall–Kier alpha value is -0.750. The van der Waals surface area contributed by atoms with E-state index in [-0.39, 0.29) is 17.9 Å². The maximum atomic E-state index is 12.3. The van der Waals surface area contributed by atoms with Gasteiger partial charge in [0.1, 0.15) is 6.04 Å². The zero-order valence-electron chi connectivity index (χ0n) is 13.0. The average Bonchev–Trinajstić information content (AvgIpc) is 2.85. The van der Waals surface area contributed by atoms with Gasteiger partial charge in [-0.15, -0.1) is 11.8 Å². The minimum absolute atomic E-state index is 0.0362. The molecule has 0 aromatic rings. The molecule has 0 spiro atoms. The summed E-state index contributed by atoms with van der Waals surface area (Å²) in [5.74, 6) is 1.32. The Morgan fingerprint density at radius 3 is 2.55 bits per heavy atom. The first-order valence-electron chi connectivity index (χ1n) is 7.25. The molecule has 116 valence electrons. The molecule has 0 saturated carbocycles. The summed E-state index contributed by atoms with van der Waals surface area (Å²) in [4.78, 5) is 26.2. The van der Waals surface area contributed by atoms with Crippen molar-refractivity contribution in [3.63, 3.8) is 0 Å². The molecule has 0 aliphatic carbocycles. The monoisotopic (exact) mass is 301 g/mol. The molecule has 2 amide bonds. The number of hydrogen-bond acceptors (Lipinski definition) is 4. The third kappa shape index (κ3) is 4.98. The molecule has 0 aromatic heterocycles. The van der Waals surface area contributed by atoms with Gasteiger partial charge in [-0.05, 0) is 13.0 Å². The van der Waals surface area contributed by atoms with Crippen LogP contribution in [0.3, 0.4) is 0 Å². The van der Waals surface area contributed by atoms with Crippen LogP contribution in [0.2, 0.25) is 0 Å². The molecule has 0 radical (unpaired) electrons. The number of amides is 2. The number of nitrogens with zero attached hydrogens (tertiary/aromatic N) is 1. The van der Waals surface area contributed by atoms with Crippen molar-refractivity contribution in [2.75, 3.05) is 31.3 Å². The minimum Gasteiger partial charge on any atom is -0.353 e. The number of thioether (sulfide) groups is 1. The van der Waals surface area contributed by atoms with Crippen LogP contribution >= 0.6 is 11.8 Å². The average molecular weight is 301 g/mol. The zero-order valence-corrected chi connectivity index (χ0v) is 13.8. The number of carbonyl (C=O) groups is 2. The fourth-order valence-electron chi connectivity index (χ4n) is 1.98. The Morgan fingerprint density at radius 1 is 1.25 bits per heavy atom. The molecule has 1 rings (SSSR count). The van der Waals surface area contributed by atoms with E-state index in [1.165, 1.54) is 0 Å². The van der Waals surface area contributed by atoms with Crippen molar-refractivity contribution in [1.82, 2.24) is 15.5 Å². The SMILES string of the molecule is CCCNCCNC(=O)C1CSCN1C(=O)C(C)(C)C. The first-order chi connectivity index (χ1) is 9.38. The van der Waals surface area contributed by atoms with Gasteiger partial charge in [-0.3, -0.25) is 9.59 Å². The lowest BCUT2D eigenvalue weighted by atomic mass is 9.94. The molecule has 0 bridgehead atoms. The molecule has 1 unspecified atom stereocenters. The van der Waals surface area contributed by atoms with Gasteiger partial charge in [-0.1, -0.05) is 27.7 Å². The van der Waals surface area contributed by atoms with Crippen LogP contribution in [0, 0.1) is 5.41 Å². The highest BCUT2D eigenvalue weighted by atomic mass is 32.2. The Kier molecular flexibility index (Phi) is 6.82. The molecule has 2 N–H and O–H groups in total. The Morgan fingerprint density at radius 2 is 1.95 bits per heavy atom. The zero-order chi connectivity index (χ0) is 15.2. The molecule has 1 aliphatic heterocycles. The van der Waals surface area contributed by atoms with E-state index in [0.29, 0.717) is 18.2 Å². The fourth-order valence-corrected chi connectivity index (χ4v) is 3.14. The van der Waals surface area contributed by atoms with E-state index < -0.39 is 5.41 Å². The van der Waals surface area contributed by atoms with E-state index in [4.69, 9.17) is 0 Å². The highest BCUT2D eigenvalue weighted by Crippen LogP contribution is 2.27. The van der Waals surface area contributed by atoms with E-state index in [1.54, 1.807) is 16.7 Å². The highest BCUT2D eigenvalue weighted by Gasteiger charge is 2.38. The van der Waals surface area contributed by atoms with Gasteiger partial charge in [0.05, 0.1) is 5.88 Å². The summed E-state index contributed by atoms with van der Waals surface area (Å²) in [6, 6.07) is -0.321. The third-order valence-corrected chi connectivity index (χ3v) is 4.13. The molecule has 1 heterocycles. The van der Waals surface area contributed by atoms with Gasteiger partial charge in [-0.25, -0.2) is 0 Å². The normalized spacial score (nSPS) is 19.2. The molecule has 20 heavy (non-hydrogen) atoms. The van der Waals surface area contributed by atoms with Crippen molar-refractivity contribution in [2.24, 2.45) is 5.41 Å². The predicted molar refractivity (Wildman–Crippen MR) is 83.6 cm³/mol. The van der Waals surface area contributed by atoms with Gasteiger partial charge >= 0.3 is 0 Å². The molecular formula is C14H27N3O2S. The van der Waals surface area contributed by atoms with Crippen molar-refractivity contribution in [1.29, 1.82) is 0 Å². The standard InChI is InChI=1S/C14H27N3O2S/c1-5-6-15-7-8-16-12(18)11-9-20-10-17(11)13(19)14(2,3)4/h11,15H,5-10H2,1-4H3,(H,16,18). The van der Waals surface area contributed by atoms with E-state index >= 15 is 0 Å². The molecule has 1 atom stereocenters. The lowest BCUT2D eigenvalue weighted by Crippen LogP contribution is -2.51. The number of carbonyl (C=O) groups excluding carboxylic acids is 2. The second kappa shape index (κ2) is 7.88. The van der Waals surface area contributed by atoms with Crippen LogP contribution in [0.15, 0.2) is 0 Å². The topological polar surface area (TPSA) is 61.4 Å². The third-order valence-electron chi connectivity index (χ3n) is 3.12. The Bertz CT molecular complexity index is 342. The molecule has 0 aromatic carbocycles. The Labute approximate surface area is 126 Å². The molecule has 1 aliphatic rings. The van der Waals surface area contributed by atoms with E-state index in [2.05, 4.69) is 17.6 Å². The van der Waals surface area contributed by atoms with Crippen LogP contribution in [-0.4, -0.2) is 54.0 Å². The van der Waals surface area contributed by atoms with Gasteiger partial charge in [0.15, 0.2) is 0 Å². The van der Waals surface area contributed by atoms with Gasteiger partial charge in [0.25, 0.3) is 0 Å². The van der Waals surface area contributed by atoms with Crippen LogP contribution in [0.4, 0.5) is 0 Å². The first-order valence-corrected chi connectivity index (χ1v) is 8.40. The van der Waals surface area contributed by atoms with Crippen LogP contribution in [0.5, 0.6) is 0 Å². The molecule has 1 saturated heterocycles. The van der Waals surface area contributed by atoms with Gasteiger partial charge in [-0.2, -0.15) is 0 Å². The first kappa shape index (κ1) is 17.3. The van der Waals surface area contributed by atoms with E-state index in [0.717, 1.165) is 19.5 Å². The summed E-state index contributed by atoms with van der Waals surface area (Å²) in [5.41, 5.74) is -0.438. The summed E-state index contributed by atoms with van der Waals surface area (Å²) in [7, 11) is 0. The van der Waals surface area contributed by atoms with Crippen molar-refractivity contribution in [2.45, 2.75) is 40.2 Å². The Balaban J connectivity index is 2.44. The molecule has 6 heteroatoms. The lowest BCUT2D eigenvalue weighted by Gasteiger charge is -2.29. The van der Waals surface area contributed by atoms with E-state index in [1.807, 2.05) is 20.8 Å². The molecule has 1 fully saturated rings. The van der Waals surface area contributed by atoms with Crippen LogP contribution in [0.1, 0.15) is 34.1 Å². The summed E-state index contributed by atoms with van der Waals surface area (Å²) < 4.78 is 0. The summed E-state index contributed by atoms with van der Waals surface area (Å²) >= 11 is 1.64. The van der Waals surface area contributed by atoms with Crippen LogP contribution < -0.4 is 10.6 Å². The fraction of sp³-hybridized carbons (Fsp3) is 0.857. The smallest absolute Gasteiger partial charge is 0.243 e. The predicted octanol–water partition coefficient (Wildman–Crippen LogP) is 1.05. The summed E-state index contributed by atoms with van der Waals surface area (Å²) in [5, 5.41) is 6.15. The van der Waals surface area contributed by atoms with Crippen molar-refractivity contribution >= 4 is 23.6 Å². The molecule has 5 nitrogen and oxygen atoms in total. The molecular weight excluding hydrogens is 274 g/mol. The van der Waals surface area contributed by atoms with Crippen LogP contribution in [-0.2, 0) is 9.59 Å². The largest absolute Gasteiger partial charge is 0.353 e. The summed E-state index contributed by atoms with van der Waals surface area (Å²) in [6.07, 6.45) is 1.08. The second-order valence-electron chi connectivity index (χ2n) is 6.08. The second-order valence-corrected chi connectivity index (χ2v) is 7.08. The maximum absolute atomic E-state index is 12.3. The summed E-state index contributed by atoms with van der Waals surface area (Å²) in [6.45, 7) is 10.1. The minimum atomic E-state index is -0.438. The number of rotatable bonds is 6. The highest BCUT2D eigenvalue weighted by molar-refractivity contribution is 7.99. The van der Waals surface area contributed by atoms with Gasteiger partial charge in [0, 0.05) is 24.3 Å². The van der Waals surface area contributed by atoms with Gasteiger partial charge < -0.3 is 15.5 Å². The quantitative estimate of drug-likeness (QED) is 0.720. The number of nitrogens with one attached hydrogen (secondary N) is 2. The van der Waals surface area contributed by atoms with Crippen molar-refractivity contribution < 1.29 is 9.59 Å². The van der Waals surface area contributed by atoms with Crippen molar-refractivity contribution in [3.05, 3.63) is 0 Å². The lowest BCUT2D eigenvalue weighted by molar-refractivity contribution is -0.144. The van der Waals surface area contributed by atoms with E-state index in [9.17, 15) is 9.59 Å². The number of hydrogen-bond donors (Lipinski definition) is 2.